The molecule has 3 nitrogen and oxygen atoms in total. The zero-order chi connectivity index (χ0) is 7.16. The zero-order valence-corrected chi connectivity index (χ0v) is 5.81. The van der Waals surface area contributed by atoms with Crippen molar-refractivity contribution in [2.24, 2.45) is 17.8 Å². The van der Waals surface area contributed by atoms with Crippen LogP contribution in [-0.4, -0.2) is 24.4 Å². The van der Waals surface area contributed by atoms with Crippen molar-refractivity contribution >= 4 is 0 Å². The quantitative estimate of drug-likeness (QED) is 0.452. The van der Waals surface area contributed by atoms with Crippen LogP contribution in [0.15, 0.2) is 0 Å². The Morgan fingerprint density at radius 1 is 0.909 bits per heavy atom. The number of nitriles is 1. The van der Waals surface area contributed by atoms with Gasteiger partial charge >= 0.3 is 0 Å². The predicted molar refractivity (Wildman–Crippen MR) is 33.4 cm³/mol. The van der Waals surface area contributed by atoms with Crippen LogP contribution in [0.4, 0.5) is 0 Å². The second kappa shape index (κ2) is 1.21. The van der Waals surface area contributed by atoms with Crippen molar-refractivity contribution in [3.8, 4) is 6.07 Å². The predicted octanol–water partition coefficient (Wildman–Crippen LogP) is -0.0794. The van der Waals surface area contributed by atoms with Gasteiger partial charge in [-0.05, 0) is 0 Å². The lowest BCUT2D eigenvalue weighted by Gasteiger charge is -1.93. The first kappa shape index (κ1) is 5.13. The second-order valence-corrected chi connectivity index (χ2v) is 3.94. The molecule has 2 aliphatic heterocycles. The fraction of sp³-hybridized carbons (Fsp3) is 0.875. The molecule has 3 heteroatoms. The minimum absolute atomic E-state index is 0.252. The molecule has 0 radical (unpaired) electrons. The first-order valence-electron chi connectivity index (χ1n) is 4.12. The highest BCUT2D eigenvalue weighted by molar-refractivity contribution is 5.28. The number of hydrogen-bond acceptors (Lipinski definition) is 3. The summed E-state index contributed by atoms with van der Waals surface area (Å²) in [4.78, 5) is 0. The number of ether oxygens (including phenoxy) is 2. The third kappa shape index (κ3) is 0.412. The van der Waals surface area contributed by atoms with E-state index in [1.807, 2.05) is 0 Å². The molecule has 0 aromatic carbocycles. The first-order valence-corrected chi connectivity index (χ1v) is 4.12. The summed E-state index contributed by atoms with van der Waals surface area (Å²) >= 11 is 0. The van der Waals surface area contributed by atoms with Crippen LogP contribution in [0.2, 0.25) is 0 Å². The Balaban J connectivity index is 1.75. The van der Waals surface area contributed by atoms with Crippen molar-refractivity contribution in [2.45, 2.75) is 24.4 Å². The fourth-order valence-corrected chi connectivity index (χ4v) is 2.80. The number of fused-ring (bicyclic) bond motifs is 6. The maximum Gasteiger partial charge on any atom is 0.113 e. The normalized spacial score (nSPS) is 73.5. The Morgan fingerprint density at radius 2 is 1.45 bits per heavy atom. The van der Waals surface area contributed by atoms with Gasteiger partial charge in [0.25, 0.3) is 0 Å². The first-order chi connectivity index (χ1) is 5.42. The van der Waals surface area contributed by atoms with E-state index in [2.05, 4.69) is 6.07 Å². The number of epoxide rings is 2. The SMILES string of the molecule is N#CC1C2C3OC3C3OC3C12. The molecule has 0 aromatic heterocycles. The third-order valence-corrected chi connectivity index (χ3v) is 3.49. The molecule has 0 aromatic rings. The molecular weight excluding hydrogens is 142 g/mol. The summed E-state index contributed by atoms with van der Waals surface area (Å²) in [6.07, 6.45) is 1.54. The summed E-state index contributed by atoms with van der Waals surface area (Å²) in [6.45, 7) is 0. The summed E-state index contributed by atoms with van der Waals surface area (Å²) in [7, 11) is 0. The van der Waals surface area contributed by atoms with Gasteiger partial charge in [-0.15, -0.1) is 0 Å². The second-order valence-electron chi connectivity index (χ2n) is 3.94. The number of nitrogens with zero attached hydrogens (tertiary/aromatic N) is 1. The molecule has 4 aliphatic rings. The molecule has 2 saturated carbocycles. The molecule has 2 heterocycles. The van der Waals surface area contributed by atoms with E-state index in [1.54, 1.807) is 0 Å². The summed E-state index contributed by atoms with van der Waals surface area (Å²) in [5.41, 5.74) is 0. The molecular formula is C8H7NO2. The molecule has 11 heavy (non-hydrogen) atoms. The van der Waals surface area contributed by atoms with Crippen LogP contribution in [0.1, 0.15) is 0 Å². The van der Waals surface area contributed by atoms with Crippen LogP contribution in [0.25, 0.3) is 0 Å². The van der Waals surface area contributed by atoms with Gasteiger partial charge in [0.05, 0.1) is 24.2 Å². The monoisotopic (exact) mass is 149 g/mol. The van der Waals surface area contributed by atoms with Crippen LogP contribution >= 0.6 is 0 Å². The minimum Gasteiger partial charge on any atom is -0.366 e. The third-order valence-electron chi connectivity index (χ3n) is 3.49. The zero-order valence-electron chi connectivity index (χ0n) is 5.81. The molecule has 2 saturated heterocycles. The lowest BCUT2D eigenvalue weighted by molar-refractivity contribution is 0.286. The standard InChI is InChI=1S/C8H7NO2/c9-1-2-3-4(2)6-8(11-6)7-5(3)10-7/h2-8H. The molecule has 0 spiro atoms. The van der Waals surface area contributed by atoms with E-state index >= 15 is 0 Å². The molecule has 0 amide bonds. The van der Waals surface area contributed by atoms with Gasteiger partial charge < -0.3 is 9.47 Å². The van der Waals surface area contributed by atoms with E-state index in [4.69, 9.17) is 14.7 Å². The van der Waals surface area contributed by atoms with Gasteiger partial charge in [0.2, 0.25) is 0 Å². The summed E-state index contributed by atoms with van der Waals surface area (Å²) < 4.78 is 10.9. The summed E-state index contributed by atoms with van der Waals surface area (Å²) in [5.74, 6) is 1.32. The smallest absolute Gasteiger partial charge is 0.113 e. The van der Waals surface area contributed by atoms with Crippen molar-refractivity contribution in [2.75, 3.05) is 0 Å². The number of rotatable bonds is 0. The Hall–Kier alpha value is -0.590. The van der Waals surface area contributed by atoms with E-state index in [9.17, 15) is 0 Å². The van der Waals surface area contributed by atoms with Crippen LogP contribution in [-0.2, 0) is 9.47 Å². The van der Waals surface area contributed by atoms with Crippen molar-refractivity contribution in [1.29, 1.82) is 5.26 Å². The molecule has 0 N–H and O–H groups in total. The number of hydrogen-bond donors (Lipinski definition) is 0. The van der Waals surface area contributed by atoms with Gasteiger partial charge in [0.1, 0.15) is 12.2 Å². The Kier molecular flexibility index (Phi) is 0.566. The van der Waals surface area contributed by atoms with Gasteiger partial charge in [-0.25, -0.2) is 0 Å². The van der Waals surface area contributed by atoms with E-state index in [0.717, 1.165) is 0 Å². The highest BCUT2D eigenvalue weighted by atomic mass is 16.7. The molecule has 4 fully saturated rings. The molecule has 4 rings (SSSR count). The molecule has 56 valence electrons. The Bertz CT molecular complexity index is 262. The van der Waals surface area contributed by atoms with Gasteiger partial charge in [-0.2, -0.15) is 5.26 Å². The van der Waals surface area contributed by atoms with Crippen LogP contribution in [0.3, 0.4) is 0 Å². The van der Waals surface area contributed by atoms with Crippen LogP contribution < -0.4 is 0 Å². The Morgan fingerprint density at radius 3 is 1.91 bits per heavy atom. The Labute approximate surface area is 63.9 Å². The van der Waals surface area contributed by atoms with Crippen LogP contribution in [0, 0.1) is 29.1 Å². The van der Waals surface area contributed by atoms with Gasteiger partial charge in [0, 0.05) is 11.8 Å². The van der Waals surface area contributed by atoms with Gasteiger partial charge in [-0.3, -0.25) is 0 Å². The van der Waals surface area contributed by atoms with Crippen molar-refractivity contribution in [3.05, 3.63) is 0 Å². The molecule has 2 aliphatic carbocycles. The average molecular weight is 149 g/mol. The van der Waals surface area contributed by atoms with Crippen molar-refractivity contribution in [3.63, 3.8) is 0 Å². The molecule has 6 atom stereocenters. The van der Waals surface area contributed by atoms with Crippen molar-refractivity contribution in [1.82, 2.24) is 0 Å². The van der Waals surface area contributed by atoms with E-state index in [-0.39, 0.29) is 5.92 Å². The lowest BCUT2D eigenvalue weighted by atomic mass is 10.0. The summed E-state index contributed by atoms with van der Waals surface area (Å²) in [6, 6.07) is 2.34. The van der Waals surface area contributed by atoms with E-state index < -0.39 is 0 Å². The topological polar surface area (TPSA) is 48.9 Å². The largest absolute Gasteiger partial charge is 0.366 e. The average Bonchev–Trinajstić information content (AvgIpc) is 2.86. The maximum absolute atomic E-state index is 8.75. The molecule has 6 unspecified atom stereocenters. The minimum atomic E-state index is 0.252. The fourth-order valence-electron chi connectivity index (χ4n) is 2.80. The lowest BCUT2D eigenvalue weighted by Crippen LogP contribution is -2.14. The molecule has 0 bridgehead atoms. The maximum atomic E-state index is 8.75. The van der Waals surface area contributed by atoms with Gasteiger partial charge in [-0.1, -0.05) is 0 Å². The van der Waals surface area contributed by atoms with E-state index in [0.29, 0.717) is 36.3 Å². The van der Waals surface area contributed by atoms with Crippen molar-refractivity contribution < 1.29 is 9.47 Å². The van der Waals surface area contributed by atoms with Crippen LogP contribution in [0.5, 0.6) is 0 Å². The van der Waals surface area contributed by atoms with Gasteiger partial charge in [0.15, 0.2) is 0 Å². The highest BCUT2D eigenvalue weighted by Gasteiger charge is 2.79. The highest BCUT2D eigenvalue weighted by Crippen LogP contribution is 2.67. The van der Waals surface area contributed by atoms with E-state index in [1.165, 1.54) is 0 Å². The summed E-state index contributed by atoms with van der Waals surface area (Å²) in [5, 5.41) is 8.75.